The lowest BCUT2D eigenvalue weighted by molar-refractivity contribution is 0.331. The molecule has 0 spiro atoms. The summed E-state index contributed by atoms with van der Waals surface area (Å²) in [5.41, 5.74) is 4.59. The van der Waals surface area contributed by atoms with Gasteiger partial charge in [-0.05, 0) is 37.1 Å². The molecule has 2 aromatic carbocycles. The van der Waals surface area contributed by atoms with Crippen molar-refractivity contribution in [2.75, 3.05) is 18.4 Å². The molecule has 0 bridgehead atoms. The first-order valence-electron chi connectivity index (χ1n) is 9.28. The van der Waals surface area contributed by atoms with Gasteiger partial charge in [-0.1, -0.05) is 54.6 Å². The average molecular weight is 344 g/mol. The lowest BCUT2D eigenvalue weighted by Crippen LogP contribution is -2.18. The summed E-state index contributed by atoms with van der Waals surface area (Å²) in [7, 11) is 0. The summed E-state index contributed by atoms with van der Waals surface area (Å²) in [6.07, 6.45) is 6.25. The van der Waals surface area contributed by atoms with Gasteiger partial charge in [-0.2, -0.15) is 0 Å². The van der Waals surface area contributed by atoms with Crippen LogP contribution >= 0.6 is 0 Å². The largest absolute Gasteiger partial charge is 0.365 e. The van der Waals surface area contributed by atoms with E-state index >= 15 is 0 Å². The number of anilines is 1. The highest BCUT2D eigenvalue weighted by atomic mass is 15.1. The first kappa shape index (κ1) is 16.7. The number of benzene rings is 2. The lowest BCUT2D eigenvalue weighted by Gasteiger charge is -2.14. The minimum atomic E-state index is 0.744. The van der Waals surface area contributed by atoms with Gasteiger partial charge in [0.15, 0.2) is 0 Å². The van der Waals surface area contributed by atoms with Crippen LogP contribution in [0.15, 0.2) is 67.0 Å². The molecular weight excluding hydrogens is 320 g/mol. The summed E-state index contributed by atoms with van der Waals surface area (Å²) in [6.45, 7) is 4.24. The molecule has 1 aromatic heterocycles. The van der Waals surface area contributed by atoms with Gasteiger partial charge >= 0.3 is 0 Å². The monoisotopic (exact) mass is 344 g/mol. The Balaban J connectivity index is 1.42. The second-order valence-electron chi connectivity index (χ2n) is 6.81. The van der Waals surface area contributed by atoms with Crippen molar-refractivity contribution in [2.45, 2.75) is 25.9 Å². The number of likely N-dealkylation sites (tertiary alicyclic amines) is 1. The zero-order valence-corrected chi connectivity index (χ0v) is 14.9. The molecule has 1 saturated heterocycles. The minimum Gasteiger partial charge on any atom is -0.365 e. The Morgan fingerprint density at radius 3 is 2.38 bits per heavy atom. The molecule has 1 aliphatic rings. The van der Waals surface area contributed by atoms with Gasteiger partial charge in [-0.3, -0.25) is 9.88 Å². The average Bonchev–Trinajstić information content (AvgIpc) is 3.21. The van der Waals surface area contributed by atoms with E-state index in [1.165, 1.54) is 37.1 Å². The molecule has 2 heterocycles. The number of hydrogen-bond acceptors (Lipinski definition) is 4. The number of hydrogen-bond donors (Lipinski definition) is 1. The molecule has 0 saturated carbocycles. The third kappa shape index (κ3) is 4.27. The van der Waals surface area contributed by atoms with E-state index in [0.29, 0.717) is 0 Å². The Bertz CT molecular complexity index is 824. The third-order valence-corrected chi connectivity index (χ3v) is 4.81. The third-order valence-electron chi connectivity index (χ3n) is 4.81. The van der Waals surface area contributed by atoms with E-state index in [2.05, 4.69) is 51.6 Å². The molecule has 1 N–H and O–H groups in total. The second-order valence-corrected chi connectivity index (χ2v) is 6.81. The van der Waals surface area contributed by atoms with E-state index in [9.17, 15) is 0 Å². The lowest BCUT2D eigenvalue weighted by atomic mass is 10.1. The van der Waals surface area contributed by atoms with Gasteiger partial charge in [-0.15, -0.1) is 0 Å². The van der Waals surface area contributed by atoms with Crippen molar-refractivity contribution in [3.63, 3.8) is 0 Å². The number of nitrogens with one attached hydrogen (secondary N) is 1. The number of aromatic nitrogens is 2. The molecule has 26 heavy (non-hydrogen) atoms. The molecule has 1 fully saturated rings. The van der Waals surface area contributed by atoms with Crippen LogP contribution < -0.4 is 5.32 Å². The van der Waals surface area contributed by atoms with Crippen molar-refractivity contribution in [1.82, 2.24) is 14.9 Å². The van der Waals surface area contributed by atoms with Crippen molar-refractivity contribution in [3.05, 3.63) is 78.1 Å². The molecule has 4 rings (SSSR count). The normalized spacial score (nSPS) is 14.5. The van der Waals surface area contributed by atoms with Gasteiger partial charge in [0.2, 0.25) is 0 Å². The van der Waals surface area contributed by atoms with Gasteiger partial charge in [0.1, 0.15) is 5.82 Å². The zero-order valence-electron chi connectivity index (χ0n) is 14.9. The molecule has 4 heteroatoms. The van der Waals surface area contributed by atoms with E-state index in [4.69, 9.17) is 4.98 Å². The molecule has 0 aliphatic carbocycles. The van der Waals surface area contributed by atoms with Crippen LogP contribution in [0.25, 0.3) is 11.3 Å². The summed E-state index contributed by atoms with van der Waals surface area (Å²) in [5, 5.41) is 3.35. The smallest absolute Gasteiger partial charge is 0.145 e. The molecule has 132 valence electrons. The van der Waals surface area contributed by atoms with Crippen LogP contribution in [0.5, 0.6) is 0 Å². The molecule has 0 radical (unpaired) electrons. The molecule has 1 aliphatic heterocycles. The van der Waals surface area contributed by atoms with Crippen molar-refractivity contribution in [2.24, 2.45) is 0 Å². The Morgan fingerprint density at radius 2 is 1.62 bits per heavy atom. The Labute approximate surface area is 154 Å². The summed E-state index contributed by atoms with van der Waals surface area (Å²) < 4.78 is 0. The predicted octanol–water partition coefficient (Wildman–Crippen LogP) is 4.35. The Morgan fingerprint density at radius 1 is 0.846 bits per heavy atom. The highest BCUT2D eigenvalue weighted by Gasteiger charge is 2.11. The van der Waals surface area contributed by atoms with Crippen LogP contribution in [-0.4, -0.2) is 28.0 Å². The highest BCUT2D eigenvalue weighted by Crippen LogP contribution is 2.20. The topological polar surface area (TPSA) is 41.1 Å². The first-order valence-corrected chi connectivity index (χ1v) is 9.28. The molecule has 4 nitrogen and oxygen atoms in total. The zero-order chi connectivity index (χ0) is 17.6. The standard InChI is InChI=1S/C22H24N4/c1-2-6-18(7-3-1)14-24-22-16-23-15-21(25-22)20-10-8-19(9-11-20)17-26-12-4-5-13-26/h1-3,6-11,15-16H,4-5,12-14,17H2,(H,24,25). The highest BCUT2D eigenvalue weighted by molar-refractivity contribution is 5.60. The van der Waals surface area contributed by atoms with Crippen molar-refractivity contribution in [3.8, 4) is 11.3 Å². The first-order chi connectivity index (χ1) is 12.9. The molecule has 3 aromatic rings. The fraction of sp³-hybridized carbons (Fsp3) is 0.273. The molecular formula is C22H24N4. The molecule has 0 unspecified atom stereocenters. The fourth-order valence-electron chi connectivity index (χ4n) is 3.36. The van der Waals surface area contributed by atoms with Gasteiger partial charge in [0.05, 0.1) is 18.1 Å². The number of nitrogens with zero attached hydrogens (tertiary/aromatic N) is 3. The number of rotatable bonds is 6. The summed E-state index contributed by atoms with van der Waals surface area (Å²) in [5.74, 6) is 0.799. The van der Waals surface area contributed by atoms with Gasteiger partial charge in [0.25, 0.3) is 0 Å². The van der Waals surface area contributed by atoms with Gasteiger partial charge < -0.3 is 5.32 Å². The predicted molar refractivity (Wildman–Crippen MR) is 106 cm³/mol. The summed E-state index contributed by atoms with van der Waals surface area (Å²) >= 11 is 0. The van der Waals surface area contributed by atoms with E-state index in [-0.39, 0.29) is 0 Å². The maximum absolute atomic E-state index is 4.71. The summed E-state index contributed by atoms with van der Waals surface area (Å²) in [6, 6.07) is 19.0. The second kappa shape index (κ2) is 8.11. The van der Waals surface area contributed by atoms with E-state index in [1.807, 2.05) is 24.4 Å². The van der Waals surface area contributed by atoms with E-state index in [1.54, 1.807) is 6.20 Å². The molecule has 0 atom stereocenters. The van der Waals surface area contributed by atoms with E-state index < -0.39 is 0 Å². The molecule has 0 amide bonds. The van der Waals surface area contributed by atoms with Crippen LogP contribution in [0.3, 0.4) is 0 Å². The van der Waals surface area contributed by atoms with Crippen LogP contribution in [0.1, 0.15) is 24.0 Å². The van der Waals surface area contributed by atoms with Gasteiger partial charge in [-0.25, -0.2) is 4.98 Å². The van der Waals surface area contributed by atoms with Crippen LogP contribution in [0, 0.1) is 0 Å². The van der Waals surface area contributed by atoms with Crippen molar-refractivity contribution in [1.29, 1.82) is 0 Å². The fourth-order valence-corrected chi connectivity index (χ4v) is 3.36. The Hall–Kier alpha value is -2.72. The van der Waals surface area contributed by atoms with Gasteiger partial charge in [0, 0.05) is 18.7 Å². The van der Waals surface area contributed by atoms with Crippen LogP contribution in [0.2, 0.25) is 0 Å². The van der Waals surface area contributed by atoms with Crippen molar-refractivity contribution >= 4 is 5.82 Å². The van der Waals surface area contributed by atoms with Crippen molar-refractivity contribution < 1.29 is 0 Å². The van der Waals surface area contributed by atoms with E-state index in [0.717, 1.165) is 30.2 Å². The van der Waals surface area contributed by atoms with Crippen LogP contribution in [-0.2, 0) is 13.1 Å². The summed E-state index contributed by atoms with van der Waals surface area (Å²) in [4.78, 5) is 11.6. The minimum absolute atomic E-state index is 0.744. The SMILES string of the molecule is c1ccc(CNc2cncc(-c3ccc(CN4CCCC4)cc3)n2)cc1. The Kier molecular flexibility index (Phi) is 5.22. The maximum atomic E-state index is 4.71. The quantitative estimate of drug-likeness (QED) is 0.722. The maximum Gasteiger partial charge on any atom is 0.145 e. The van der Waals surface area contributed by atoms with Crippen LogP contribution in [0.4, 0.5) is 5.82 Å².